The Morgan fingerprint density at radius 3 is 2.69 bits per heavy atom. The van der Waals surface area contributed by atoms with Crippen molar-refractivity contribution in [3.05, 3.63) is 57.3 Å². The number of hydrogen-bond donors (Lipinski definition) is 3. The molecule has 0 radical (unpaired) electrons. The summed E-state index contributed by atoms with van der Waals surface area (Å²) in [5.41, 5.74) is -1.74. The number of aryl methyl sites for hydroxylation is 1. The van der Waals surface area contributed by atoms with Gasteiger partial charge in [-0.1, -0.05) is 24.0 Å². The minimum atomic E-state index is -4.81. The van der Waals surface area contributed by atoms with E-state index in [0.717, 1.165) is 12.8 Å². The Balaban J connectivity index is 1.79. The Morgan fingerprint density at radius 1 is 1.28 bits per heavy atom. The summed E-state index contributed by atoms with van der Waals surface area (Å²) in [5, 5.41) is 4.41. The predicted molar refractivity (Wildman–Crippen MR) is 99.2 cm³/mol. The second-order valence-corrected chi connectivity index (χ2v) is 7.22. The van der Waals surface area contributed by atoms with Crippen LogP contribution in [0.4, 0.5) is 23.7 Å². The lowest BCUT2D eigenvalue weighted by atomic mass is 9.85. The number of benzene rings is 1. The summed E-state index contributed by atoms with van der Waals surface area (Å²) >= 11 is 0. The number of H-pyrrole nitrogens is 1. The van der Waals surface area contributed by atoms with E-state index in [9.17, 15) is 22.8 Å². The minimum absolute atomic E-state index is 0.0200. The van der Waals surface area contributed by atoms with E-state index < -0.39 is 17.7 Å². The van der Waals surface area contributed by atoms with Gasteiger partial charge in [-0.25, -0.2) is 9.78 Å². The standard InChI is InChI=1S/C20H17F3N4O2/c1-11-14(17(28)25-10-24-11)8-13-4-5-15-16(9-13)26-18(29)27-19(15,20(21,22)23)7-6-12-2-3-12/h4-5,9-10,12H,2-3,8H2,1H3,(H,24,25,28)(H2,26,27,29)/t19-/m0/s1. The third kappa shape index (κ3) is 3.46. The van der Waals surface area contributed by atoms with E-state index in [2.05, 4.69) is 27.1 Å². The molecule has 2 amide bonds. The molecule has 1 aromatic carbocycles. The first-order valence-electron chi connectivity index (χ1n) is 9.05. The molecule has 1 aliphatic carbocycles. The van der Waals surface area contributed by atoms with Crippen LogP contribution in [-0.2, 0) is 12.0 Å². The van der Waals surface area contributed by atoms with Crippen molar-refractivity contribution in [3.8, 4) is 11.8 Å². The van der Waals surface area contributed by atoms with E-state index in [0.29, 0.717) is 16.8 Å². The highest BCUT2D eigenvalue weighted by Gasteiger charge is 2.59. The van der Waals surface area contributed by atoms with Crippen molar-refractivity contribution < 1.29 is 18.0 Å². The maximum Gasteiger partial charge on any atom is 0.427 e. The van der Waals surface area contributed by atoms with Crippen molar-refractivity contribution in [1.82, 2.24) is 15.3 Å². The first-order chi connectivity index (χ1) is 13.7. The van der Waals surface area contributed by atoms with Gasteiger partial charge in [0.05, 0.1) is 6.33 Å². The molecule has 2 aromatic rings. The van der Waals surface area contributed by atoms with Gasteiger partial charge in [0, 0.05) is 34.8 Å². The fraction of sp³-hybridized carbons (Fsp3) is 0.350. The maximum absolute atomic E-state index is 14.1. The summed E-state index contributed by atoms with van der Waals surface area (Å²) < 4.78 is 42.2. The van der Waals surface area contributed by atoms with Gasteiger partial charge in [0.25, 0.3) is 5.56 Å². The van der Waals surface area contributed by atoms with Crippen molar-refractivity contribution in [2.45, 2.75) is 37.9 Å². The molecule has 1 aromatic heterocycles. The summed E-state index contributed by atoms with van der Waals surface area (Å²) in [4.78, 5) is 30.6. The molecule has 0 spiro atoms. The minimum Gasteiger partial charge on any atom is -0.313 e. The van der Waals surface area contributed by atoms with Crippen LogP contribution in [0.15, 0.2) is 29.3 Å². The summed E-state index contributed by atoms with van der Waals surface area (Å²) in [6.45, 7) is 1.68. The Hall–Kier alpha value is -3.28. The van der Waals surface area contributed by atoms with Crippen LogP contribution in [0.1, 0.15) is 35.2 Å². The number of alkyl halides is 3. The Morgan fingerprint density at radius 2 is 2.03 bits per heavy atom. The summed E-state index contributed by atoms with van der Waals surface area (Å²) in [6, 6.07) is 3.27. The molecule has 0 unspecified atom stereocenters. The van der Waals surface area contributed by atoms with Crippen LogP contribution in [0.3, 0.4) is 0 Å². The number of amides is 2. The average molecular weight is 402 g/mol. The number of halogens is 3. The van der Waals surface area contributed by atoms with Crippen LogP contribution in [0.25, 0.3) is 0 Å². The van der Waals surface area contributed by atoms with Gasteiger partial charge < -0.3 is 15.6 Å². The highest BCUT2D eigenvalue weighted by molar-refractivity contribution is 5.95. The third-order valence-corrected chi connectivity index (χ3v) is 5.05. The molecule has 1 aliphatic heterocycles. The number of urea groups is 1. The molecular weight excluding hydrogens is 385 g/mol. The third-order valence-electron chi connectivity index (χ3n) is 5.05. The fourth-order valence-electron chi connectivity index (χ4n) is 3.28. The first-order valence-corrected chi connectivity index (χ1v) is 9.05. The van der Waals surface area contributed by atoms with Crippen molar-refractivity contribution in [1.29, 1.82) is 0 Å². The second-order valence-electron chi connectivity index (χ2n) is 7.22. The van der Waals surface area contributed by atoms with Gasteiger partial charge >= 0.3 is 12.2 Å². The number of anilines is 1. The molecule has 3 N–H and O–H groups in total. The number of carbonyl (C=O) groups is 1. The van der Waals surface area contributed by atoms with E-state index in [1.54, 1.807) is 6.92 Å². The van der Waals surface area contributed by atoms with Crippen molar-refractivity contribution in [2.75, 3.05) is 5.32 Å². The molecule has 0 saturated heterocycles. The fourth-order valence-corrected chi connectivity index (χ4v) is 3.28. The molecule has 6 nitrogen and oxygen atoms in total. The van der Waals surface area contributed by atoms with E-state index >= 15 is 0 Å². The Labute approximate surface area is 163 Å². The number of aromatic nitrogens is 2. The maximum atomic E-state index is 14.1. The highest BCUT2D eigenvalue weighted by Crippen LogP contribution is 2.44. The number of nitrogens with zero attached hydrogens (tertiary/aromatic N) is 1. The molecule has 1 saturated carbocycles. The molecule has 2 aliphatic rings. The van der Waals surface area contributed by atoms with Crippen LogP contribution in [0.5, 0.6) is 0 Å². The highest BCUT2D eigenvalue weighted by atomic mass is 19.4. The number of nitrogens with one attached hydrogen (secondary N) is 3. The molecule has 2 heterocycles. The van der Waals surface area contributed by atoms with Gasteiger partial charge in [-0.15, -0.1) is 0 Å². The molecule has 9 heteroatoms. The summed E-state index contributed by atoms with van der Waals surface area (Å²) in [7, 11) is 0. The van der Waals surface area contributed by atoms with Crippen molar-refractivity contribution in [3.63, 3.8) is 0 Å². The Kier molecular flexibility index (Phi) is 4.37. The second kappa shape index (κ2) is 6.65. The molecule has 29 heavy (non-hydrogen) atoms. The van der Waals surface area contributed by atoms with Crippen LogP contribution in [0, 0.1) is 24.7 Å². The average Bonchev–Trinajstić information content (AvgIpc) is 3.46. The van der Waals surface area contributed by atoms with Gasteiger partial charge in [0.1, 0.15) is 0 Å². The van der Waals surface area contributed by atoms with Crippen LogP contribution in [-0.4, -0.2) is 22.2 Å². The van der Waals surface area contributed by atoms with E-state index in [1.807, 2.05) is 5.32 Å². The smallest absolute Gasteiger partial charge is 0.313 e. The van der Waals surface area contributed by atoms with Gasteiger partial charge in [-0.05, 0) is 31.4 Å². The molecule has 1 fully saturated rings. The summed E-state index contributed by atoms with van der Waals surface area (Å²) in [6.07, 6.45) is -1.83. The lowest BCUT2D eigenvalue weighted by Crippen LogP contribution is -2.59. The quantitative estimate of drug-likeness (QED) is 0.675. The van der Waals surface area contributed by atoms with Crippen molar-refractivity contribution >= 4 is 11.7 Å². The Bertz CT molecular complexity index is 1110. The predicted octanol–water partition coefficient (Wildman–Crippen LogP) is 2.98. The van der Waals surface area contributed by atoms with Gasteiger partial charge in [-0.2, -0.15) is 13.2 Å². The largest absolute Gasteiger partial charge is 0.427 e. The van der Waals surface area contributed by atoms with Gasteiger partial charge in [0.2, 0.25) is 5.54 Å². The number of rotatable bonds is 2. The van der Waals surface area contributed by atoms with E-state index in [1.165, 1.54) is 24.5 Å². The summed E-state index contributed by atoms with van der Waals surface area (Å²) in [5.74, 6) is 4.87. The molecule has 4 rings (SSSR count). The van der Waals surface area contributed by atoms with E-state index in [4.69, 9.17) is 0 Å². The van der Waals surface area contributed by atoms with Gasteiger partial charge in [0.15, 0.2) is 0 Å². The molecule has 1 atom stereocenters. The monoisotopic (exact) mass is 402 g/mol. The number of fused-ring (bicyclic) bond motifs is 1. The zero-order chi connectivity index (χ0) is 20.8. The zero-order valence-electron chi connectivity index (χ0n) is 15.4. The number of carbonyl (C=O) groups excluding carboxylic acids is 1. The van der Waals surface area contributed by atoms with Crippen LogP contribution >= 0.6 is 0 Å². The lowest BCUT2D eigenvalue weighted by Gasteiger charge is -2.37. The lowest BCUT2D eigenvalue weighted by molar-refractivity contribution is -0.178. The first kappa shape index (κ1) is 19.1. The molecule has 0 bridgehead atoms. The number of aromatic amines is 1. The van der Waals surface area contributed by atoms with Gasteiger partial charge in [-0.3, -0.25) is 4.79 Å². The zero-order valence-corrected chi connectivity index (χ0v) is 15.4. The van der Waals surface area contributed by atoms with Crippen LogP contribution < -0.4 is 16.2 Å². The molecular formula is C20H17F3N4O2. The van der Waals surface area contributed by atoms with E-state index in [-0.39, 0.29) is 29.1 Å². The SMILES string of the molecule is Cc1nc[nH]c(=O)c1Cc1ccc2c(c1)NC(=O)N[C@]2(C#CC1CC1)C(F)(F)F. The van der Waals surface area contributed by atoms with Crippen LogP contribution in [0.2, 0.25) is 0 Å². The normalized spacial score (nSPS) is 20.8. The van der Waals surface area contributed by atoms with Crippen molar-refractivity contribution in [2.24, 2.45) is 5.92 Å². The molecule has 150 valence electrons. The number of hydrogen-bond acceptors (Lipinski definition) is 3. The topological polar surface area (TPSA) is 86.9 Å².